The summed E-state index contributed by atoms with van der Waals surface area (Å²) >= 11 is 0. The van der Waals surface area contributed by atoms with Crippen LogP contribution in [0.5, 0.6) is 0 Å². The summed E-state index contributed by atoms with van der Waals surface area (Å²) in [6.07, 6.45) is 12.0. The average Bonchev–Trinajstić information content (AvgIpc) is 2.33. The van der Waals surface area contributed by atoms with Crippen molar-refractivity contribution in [3.05, 3.63) is 0 Å². The molecule has 0 aromatic carbocycles. The van der Waals surface area contributed by atoms with Crippen molar-refractivity contribution in [2.24, 2.45) is 29.1 Å². The highest BCUT2D eigenvalue weighted by Crippen LogP contribution is 2.50. The molecule has 0 bridgehead atoms. The molecule has 0 N–H and O–H groups in total. The van der Waals surface area contributed by atoms with Gasteiger partial charge in [0.05, 0.1) is 0 Å². The van der Waals surface area contributed by atoms with Gasteiger partial charge in [-0.1, -0.05) is 53.4 Å². The van der Waals surface area contributed by atoms with Gasteiger partial charge in [-0.15, -0.1) is 0 Å². The van der Waals surface area contributed by atoms with E-state index >= 15 is 0 Å². The van der Waals surface area contributed by atoms with Crippen LogP contribution in [-0.2, 0) is 0 Å². The van der Waals surface area contributed by atoms with Crippen LogP contribution < -0.4 is 0 Å². The molecular formula is C17H32. The molecule has 0 aromatic rings. The Balaban J connectivity index is 1.99. The largest absolute Gasteiger partial charge is 0.0623 e. The van der Waals surface area contributed by atoms with E-state index in [1.54, 1.807) is 0 Å². The van der Waals surface area contributed by atoms with Crippen molar-refractivity contribution >= 4 is 0 Å². The first-order valence-corrected chi connectivity index (χ1v) is 8.01. The van der Waals surface area contributed by atoms with Crippen LogP contribution in [0.2, 0.25) is 0 Å². The molecule has 3 unspecified atom stereocenters. The van der Waals surface area contributed by atoms with E-state index in [0.717, 1.165) is 23.7 Å². The molecule has 0 aliphatic heterocycles. The van der Waals surface area contributed by atoms with Crippen LogP contribution in [0.15, 0.2) is 0 Å². The van der Waals surface area contributed by atoms with Crippen LogP contribution in [0.25, 0.3) is 0 Å². The first-order valence-electron chi connectivity index (χ1n) is 8.01. The fraction of sp³-hybridized carbons (Fsp3) is 1.00. The van der Waals surface area contributed by atoms with Gasteiger partial charge < -0.3 is 0 Å². The quantitative estimate of drug-likeness (QED) is 0.580. The lowest BCUT2D eigenvalue weighted by atomic mass is 9.58. The van der Waals surface area contributed by atoms with Gasteiger partial charge in [0, 0.05) is 0 Å². The lowest BCUT2D eigenvalue weighted by Gasteiger charge is -2.47. The van der Waals surface area contributed by atoms with Crippen LogP contribution in [0.3, 0.4) is 0 Å². The van der Waals surface area contributed by atoms with Crippen LogP contribution in [0, 0.1) is 29.1 Å². The summed E-state index contributed by atoms with van der Waals surface area (Å²) in [7, 11) is 0. The third-order valence-corrected chi connectivity index (χ3v) is 6.31. The van der Waals surface area contributed by atoms with E-state index in [-0.39, 0.29) is 0 Å². The molecule has 2 aliphatic rings. The van der Waals surface area contributed by atoms with Crippen molar-refractivity contribution in [3.8, 4) is 0 Å². The lowest BCUT2D eigenvalue weighted by molar-refractivity contribution is 0.0318. The Morgan fingerprint density at radius 3 is 1.94 bits per heavy atom. The predicted octanol–water partition coefficient (Wildman–Crippen LogP) is 5.67. The van der Waals surface area contributed by atoms with Crippen molar-refractivity contribution in [3.63, 3.8) is 0 Å². The molecule has 0 aromatic heterocycles. The second-order valence-electron chi connectivity index (χ2n) is 7.62. The second-order valence-corrected chi connectivity index (χ2v) is 7.62. The van der Waals surface area contributed by atoms with E-state index in [1.807, 2.05) is 0 Å². The van der Waals surface area contributed by atoms with Crippen LogP contribution in [-0.4, -0.2) is 0 Å². The van der Waals surface area contributed by atoms with Gasteiger partial charge >= 0.3 is 0 Å². The van der Waals surface area contributed by atoms with Gasteiger partial charge in [0.2, 0.25) is 0 Å². The van der Waals surface area contributed by atoms with Crippen molar-refractivity contribution in [2.45, 2.75) is 79.1 Å². The maximum Gasteiger partial charge on any atom is -0.0297 e. The normalized spacial score (nSPS) is 37.1. The van der Waals surface area contributed by atoms with E-state index in [4.69, 9.17) is 0 Å². The highest BCUT2D eigenvalue weighted by Gasteiger charge is 2.40. The van der Waals surface area contributed by atoms with E-state index in [9.17, 15) is 0 Å². The second kappa shape index (κ2) is 5.33. The van der Waals surface area contributed by atoms with Crippen molar-refractivity contribution in [1.29, 1.82) is 0 Å². The molecule has 0 heteroatoms. The summed E-state index contributed by atoms with van der Waals surface area (Å²) in [5.41, 5.74) is 0.606. The van der Waals surface area contributed by atoms with E-state index < -0.39 is 0 Å². The zero-order valence-corrected chi connectivity index (χ0v) is 12.5. The van der Waals surface area contributed by atoms with Gasteiger partial charge in [0.1, 0.15) is 0 Å². The Labute approximate surface area is 109 Å². The van der Waals surface area contributed by atoms with Gasteiger partial charge in [-0.05, 0) is 54.8 Å². The Bertz CT molecular complexity index is 234. The molecule has 17 heavy (non-hydrogen) atoms. The minimum atomic E-state index is 0.606. The number of hydrogen-bond acceptors (Lipinski definition) is 0. The molecule has 2 aliphatic carbocycles. The smallest absolute Gasteiger partial charge is 0.0297 e. The number of hydrogen-bond donors (Lipinski definition) is 0. The average molecular weight is 236 g/mol. The van der Waals surface area contributed by atoms with Gasteiger partial charge in [0.25, 0.3) is 0 Å². The Morgan fingerprint density at radius 1 is 0.706 bits per heavy atom. The van der Waals surface area contributed by atoms with Crippen LogP contribution >= 0.6 is 0 Å². The summed E-state index contributed by atoms with van der Waals surface area (Å²) in [6.45, 7) is 10.1. The van der Waals surface area contributed by atoms with Gasteiger partial charge in [-0.3, -0.25) is 0 Å². The van der Waals surface area contributed by atoms with Crippen LogP contribution in [0.1, 0.15) is 79.1 Å². The monoisotopic (exact) mass is 236 g/mol. The molecule has 100 valence electrons. The molecule has 2 rings (SSSR count). The standard InChI is InChI=1S/C17H32/c1-13-10-11-16(12-14(13)2)17(3,4)15-8-6-5-7-9-15/h13-16H,5-12H2,1-4H3. The van der Waals surface area contributed by atoms with E-state index in [2.05, 4.69) is 27.7 Å². The molecule has 0 radical (unpaired) electrons. The molecular weight excluding hydrogens is 204 g/mol. The predicted molar refractivity (Wildman–Crippen MR) is 76.0 cm³/mol. The summed E-state index contributed by atoms with van der Waals surface area (Å²) in [4.78, 5) is 0. The summed E-state index contributed by atoms with van der Waals surface area (Å²) in [5, 5.41) is 0. The fourth-order valence-corrected chi connectivity index (χ4v) is 4.40. The maximum atomic E-state index is 2.58. The third-order valence-electron chi connectivity index (χ3n) is 6.31. The topological polar surface area (TPSA) is 0 Å². The molecule has 0 nitrogen and oxygen atoms in total. The van der Waals surface area contributed by atoms with E-state index in [0.29, 0.717) is 5.41 Å². The van der Waals surface area contributed by atoms with Gasteiger partial charge in [-0.25, -0.2) is 0 Å². The minimum Gasteiger partial charge on any atom is -0.0623 e. The summed E-state index contributed by atoms with van der Waals surface area (Å²) < 4.78 is 0. The van der Waals surface area contributed by atoms with Gasteiger partial charge in [-0.2, -0.15) is 0 Å². The maximum absolute atomic E-state index is 2.58. The Hall–Kier alpha value is 0. The molecule has 3 atom stereocenters. The van der Waals surface area contributed by atoms with Crippen molar-refractivity contribution < 1.29 is 0 Å². The van der Waals surface area contributed by atoms with E-state index in [1.165, 1.54) is 51.4 Å². The molecule has 0 amide bonds. The fourth-order valence-electron chi connectivity index (χ4n) is 4.40. The first-order chi connectivity index (χ1) is 8.01. The highest BCUT2D eigenvalue weighted by atomic mass is 14.4. The Morgan fingerprint density at radius 2 is 1.35 bits per heavy atom. The van der Waals surface area contributed by atoms with Gasteiger partial charge in [0.15, 0.2) is 0 Å². The van der Waals surface area contributed by atoms with Crippen molar-refractivity contribution in [2.75, 3.05) is 0 Å². The zero-order valence-electron chi connectivity index (χ0n) is 12.5. The Kier molecular flexibility index (Phi) is 4.21. The van der Waals surface area contributed by atoms with Crippen molar-refractivity contribution in [1.82, 2.24) is 0 Å². The zero-order chi connectivity index (χ0) is 12.5. The summed E-state index contributed by atoms with van der Waals surface area (Å²) in [5.74, 6) is 3.93. The molecule has 0 spiro atoms. The molecule has 0 saturated heterocycles. The molecule has 2 saturated carbocycles. The lowest BCUT2D eigenvalue weighted by Crippen LogP contribution is -2.37. The first kappa shape index (κ1) is 13.4. The molecule has 2 fully saturated rings. The minimum absolute atomic E-state index is 0.606. The van der Waals surface area contributed by atoms with Crippen LogP contribution in [0.4, 0.5) is 0 Å². The summed E-state index contributed by atoms with van der Waals surface area (Å²) in [6, 6.07) is 0. The highest BCUT2D eigenvalue weighted by molar-refractivity contribution is 4.90. The number of rotatable bonds is 2. The molecule has 0 heterocycles. The third kappa shape index (κ3) is 2.88. The SMILES string of the molecule is CC1CCC(C(C)(C)C2CCCCC2)CC1C.